The number of sulfonamides is 1. The molecule has 0 bridgehead atoms. The molecule has 0 unspecified atom stereocenters. The van der Waals surface area contributed by atoms with Gasteiger partial charge in [0.15, 0.2) is 0 Å². The van der Waals surface area contributed by atoms with Crippen LogP contribution in [-0.2, 0) is 16.6 Å². The highest BCUT2D eigenvalue weighted by Crippen LogP contribution is 2.27. The van der Waals surface area contributed by atoms with Crippen LogP contribution >= 0.6 is 22.9 Å². The largest absolute Gasteiger partial charge is 0.398 e. The van der Waals surface area contributed by atoms with Gasteiger partial charge in [0.1, 0.15) is 4.90 Å². The average Bonchev–Trinajstić information content (AvgIpc) is 2.72. The van der Waals surface area contributed by atoms with E-state index in [2.05, 4.69) is 4.72 Å². The number of rotatable bonds is 4. The zero-order valence-electron chi connectivity index (χ0n) is 10.2. The zero-order chi connectivity index (χ0) is 14.0. The Kier molecular flexibility index (Phi) is 4.15. The Morgan fingerprint density at radius 1 is 1.37 bits per heavy atom. The molecule has 0 radical (unpaired) electrons. The second kappa shape index (κ2) is 5.50. The van der Waals surface area contributed by atoms with E-state index < -0.39 is 10.0 Å². The number of thiophene rings is 1. The maximum absolute atomic E-state index is 12.2. The standard InChI is InChI=1S/C12H13ClN2O2S2/c1-8-6-18-7-9(8)5-15-19(16,17)12-10(13)3-2-4-11(12)14/h2-4,6-7,15H,5,14H2,1H3. The van der Waals surface area contributed by atoms with Crippen LogP contribution in [0.4, 0.5) is 5.69 Å². The molecule has 0 spiro atoms. The monoisotopic (exact) mass is 316 g/mol. The van der Waals surface area contributed by atoms with Crippen LogP contribution in [0.5, 0.6) is 0 Å². The minimum atomic E-state index is -3.72. The molecular formula is C12H13ClN2O2S2. The maximum Gasteiger partial charge on any atom is 0.244 e. The predicted molar refractivity (Wildman–Crippen MR) is 78.9 cm³/mol. The Morgan fingerprint density at radius 3 is 2.68 bits per heavy atom. The van der Waals surface area contributed by atoms with Crippen LogP contribution < -0.4 is 10.5 Å². The van der Waals surface area contributed by atoms with Gasteiger partial charge in [-0.15, -0.1) is 0 Å². The predicted octanol–water partition coefficient (Wildman–Crippen LogP) is 2.77. The van der Waals surface area contributed by atoms with Crippen molar-refractivity contribution in [1.82, 2.24) is 4.72 Å². The lowest BCUT2D eigenvalue weighted by Gasteiger charge is -2.10. The van der Waals surface area contributed by atoms with Crippen molar-refractivity contribution in [2.75, 3.05) is 5.73 Å². The van der Waals surface area contributed by atoms with Gasteiger partial charge in [-0.2, -0.15) is 11.3 Å². The Balaban J connectivity index is 2.26. The number of hydrogen-bond donors (Lipinski definition) is 2. The molecule has 7 heteroatoms. The van der Waals surface area contributed by atoms with Crippen LogP contribution in [0.15, 0.2) is 33.9 Å². The molecule has 0 saturated heterocycles. The summed E-state index contributed by atoms with van der Waals surface area (Å²) in [7, 11) is -3.72. The first-order chi connectivity index (χ1) is 8.92. The second-order valence-electron chi connectivity index (χ2n) is 4.06. The summed E-state index contributed by atoms with van der Waals surface area (Å²) in [4.78, 5) is -0.0652. The summed E-state index contributed by atoms with van der Waals surface area (Å²) in [6.07, 6.45) is 0. The van der Waals surface area contributed by atoms with Crippen LogP contribution in [0.25, 0.3) is 0 Å². The second-order valence-corrected chi connectivity index (χ2v) is 6.92. The molecule has 0 saturated carbocycles. The first kappa shape index (κ1) is 14.3. The lowest BCUT2D eigenvalue weighted by atomic mass is 10.2. The van der Waals surface area contributed by atoms with Gasteiger partial charge in [-0.25, -0.2) is 13.1 Å². The van der Waals surface area contributed by atoms with Crippen LogP contribution in [-0.4, -0.2) is 8.42 Å². The van der Waals surface area contributed by atoms with Crippen LogP contribution in [0.1, 0.15) is 11.1 Å². The van der Waals surface area contributed by atoms with Gasteiger partial charge in [0.05, 0.1) is 10.7 Å². The van der Waals surface area contributed by atoms with E-state index in [0.717, 1.165) is 11.1 Å². The van der Waals surface area contributed by atoms with Crippen molar-refractivity contribution in [2.24, 2.45) is 0 Å². The van der Waals surface area contributed by atoms with Crippen LogP contribution in [0.3, 0.4) is 0 Å². The maximum atomic E-state index is 12.2. The van der Waals surface area contributed by atoms with Gasteiger partial charge in [0.2, 0.25) is 10.0 Å². The zero-order valence-corrected chi connectivity index (χ0v) is 12.6. The minimum absolute atomic E-state index is 0.0652. The van der Waals surface area contributed by atoms with E-state index in [0.29, 0.717) is 0 Å². The number of aryl methyl sites for hydroxylation is 1. The summed E-state index contributed by atoms with van der Waals surface area (Å²) >= 11 is 7.44. The average molecular weight is 317 g/mol. The fourth-order valence-corrected chi connectivity index (χ4v) is 4.16. The molecular weight excluding hydrogens is 304 g/mol. The minimum Gasteiger partial charge on any atom is -0.398 e. The molecule has 4 nitrogen and oxygen atoms in total. The molecule has 0 atom stereocenters. The summed E-state index contributed by atoms with van der Waals surface area (Å²) in [5.41, 5.74) is 7.82. The quantitative estimate of drug-likeness (QED) is 0.852. The van der Waals surface area contributed by atoms with Crippen LogP contribution in [0, 0.1) is 6.92 Å². The van der Waals surface area contributed by atoms with Gasteiger partial charge in [-0.05, 0) is 40.9 Å². The normalized spacial score (nSPS) is 11.7. The lowest BCUT2D eigenvalue weighted by molar-refractivity contribution is 0.582. The molecule has 0 aliphatic carbocycles. The summed E-state index contributed by atoms with van der Waals surface area (Å²) in [5, 5.41) is 4.00. The summed E-state index contributed by atoms with van der Waals surface area (Å²) in [5.74, 6) is 0. The number of halogens is 1. The van der Waals surface area contributed by atoms with E-state index in [-0.39, 0.29) is 22.2 Å². The SMILES string of the molecule is Cc1cscc1CNS(=O)(=O)c1c(N)cccc1Cl. The topological polar surface area (TPSA) is 72.2 Å². The van der Waals surface area contributed by atoms with Gasteiger partial charge in [0, 0.05) is 6.54 Å². The molecule has 102 valence electrons. The van der Waals surface area contributed by atoms with Crippen LogP contribution in [0.2, 0.25) is 5.02 Å². The first-order valence-electron chi connectivity index (χ1n) is 5.47. The molecule has 2 aromatic rings. The van der Waals surface area contributed by atoms with Crippen molar-refractivity contribution in [3.8, 4) is 0 Å². The molecule has 1 aromatic heterocycles. The number of nitrogens with two attached hydrogens (primary N) is 1. The van der Waals surface area contributed by atoms with Gasteiger partial charge >= 0.3 is 0 Å². The van der Waals surface area contributed by atoms with E-state index in [1.54, 1.807) is 6.07 Å². The smallest absolute Gasteiger partial charge is 0.244 e. The van der Waals surface area contributed by atoms with Crippen molar-refractivity contribution in [3.63, 3.8) is 0 Å². The third-order valence-electron chi connectivity index (χ3n) is 2.68. The fraction of sp³-hybridized carbons (Fsp3) is 0.167. The molecule has 0 fully saturated rings. The highest BCUT2D eigenvalue weighted by molar-refractivity contribution is 7.89. The number of hydrogen-bond acceptors (Lipinski definition) is 4. The van der Waals surface area contributed by atoms with E-state index in [9.17, 15) is 8.42 Å². The Hall–Kier alpha value is -1.08. The molecule has 3 N–H and O–H groups in total. The van der Waals surface area contributed by atoms with Gasteiger partial charge in [0.25, 0.3) is 0 Å². The van der Waals surface area contributed by atoms with Crippen molar-refractivity contribution in [2.45, 2.75) is 18.4 Å². The number of benzene rings is 1. The lowest BCUT2D eigenvalue weighted by Crippen LogP contribution is -2.24. The highest BCUT2D eigenvalue weighted by atomic mass is 35.5. The van der Waals surface area contributed by atoms with Gasteiger partial charge in [-0.3, -0.25) is 0 Å². The third-order valence-corrected chi connectivity index (χ3v) is 5.54. The molecule has 0 aliphatic rings. The summed E-state index contributed by atoms with van der Waals surface area (Å²) < 4.78 is 26.9. The molecule has 1 aromatic carbocycles. The fourth-order valence-electron chi connectivity index (χ4n) is 1.62. The molecule has 1 heterocycles. The Morgan fingerprint density at radius 2 is 2.11 bits per heavy atom. The molecule has 0 amide bonds. The van der Waals surface area contributed by atoms with Crippen molar-refractivity contribution in [3.05, 3.63) is 45.1 Å². The van der Waals surface area contributed by atoms with E-state index >= 15 is 0 Å². The van der Waals surface area contributed by atoms with Crippen molar-refractivity contribution >= 4 is 38.6 Å². The molecule has 0 aliphatic heterocycles. The third kappa shape index (κ3) is 3.09. The van der Waals surface area contributed by atoms with E-state index in [4.69, 9.17) is 17.3 Å². The van der Waals surface area contributed by atoms with Crippen molar-refractivity contribution < 1.29 is 8.42 Å². The number of anilines is 1. The molecule has 2 rings (SSSR count). The number of nitrogens with one attached hydrogen (secondary N) is 1. The molecule has 19 heavy (non-hydrogen) atoms. The first-order valence-corrected chi connectivity index (χ1v) is 8.27. The number of nitrogen functional groups attached to an aromatic ring is 1. The van der Waals surface area contributed by atoms with Crippen molar-refractivity contribution in [1.29, 1.82) is 0 Å². The van der Waals surface area contributed by atoms with E-state index in [1.807, 2.05) is 17.7 Å². The Bertz CT molecular complexity index is 675. The Labute approximate surface area is 121 Å². The van der Waals surface area contributed by atoms with Gasteiger partial charge in [-0.1, -0.05) is 17.7 Å². The highest BCUT2D eigenvalue weighted by Gasteiger charge is 2.20. The van der Waals surface area contributed by atoms with Gasteiger partial charge < -0.3 is 5.73 Å². The van der Waals surface area contributed by atoms with E-state index in [1.165, 1.54) is 23.5 Å². The summed E-state index contributed by atoms with van der Waals surface area (Å²) in [6.45, 7) is 2.16. The summed E-state index contributed by atoms with van der Waals surface area (Å²) in [6, 6.07) is 4.62.